The minimum atomic E-state index is -4.45. The number of carbonyl (C=O) groups is 3. The summed E-state index contributed by atoms with van der Waals surface area (Å²) in [5, 5.41) is 11.0. The lowest BCUT2D eigenvalue weighted by Crippen LogP contribution is -2.49. The van der Waals surface area contributed by atoms with Crippen LogP contribution in [-0.2, 0) is 11.3 Å². The Balaban J connectivity index is 1.05. The van der Waals surface area contributed by atoms with Gasteiger partial charge in [-0.3, -0.25) is 29.4 Å². The molecule has 0 saturated carbocycles. The molecule has 2 aliphatic rings. The molecule has 18 heteroatoms. The first-order chi connectivity index (χ1) is 23.4. The highest BCUT2D eigenvalue weighted by Gasteiger charge is 2.29. The van der Waals surface area contributed by atoms with Gasteiger partial charge in [-0.2, -0.15) is 18.3 Å². The van der Waals surface area contributed by atoms with Crippen molar-refractivity contribution >= 4 is 35.0 Å². The van der Waals surface area contributed by atoms with Crippen LogP contribution in [0.2, 0.25) is 0 Å². The molecule has 258 valence electrons. The third-order valence-electron chi connectivity index (χ3n) is 8.07. The number of pyridine rings is 1. The van der Waals surface area contributed by atoms with Gasteiger partial charge in [0.2, 0.25) is 11.8 Å². The number of imide groups is 1. The summed E-state index contributed by atoms with van der Waals surface area (Å²) in [7, 11) is 0. The first kappa shape index (κ1) is 33.5. The van der Waals surface area contributed by atoms with Crippen molar-refractivity contribution in [3.8, 4) is 11.5 Å². The average molecular weight is 688 g/mol. The molecule has 0 spiro atoms. The van der Waals surface area contributed by atoms with Crippen molar-refractivity contribution in [2.24, 2.45) is 0 Å². The van der Waals surface area contributed by atoms with E-state index in [0.29, 0.717) is 44.7 Å². The Morgan fingerprint density at radius 3 is 2.53 bits per heavy atom. The minimum Gasteiger partial charge on any atom is -0.444 e. The molecule has 5 heterocycles. The van der Waals surface area contributed by atoms with E-state index in [1.54, 1.807) is 0 Å². The van der Waals surface area contributed by atoms with Gasteiger partial charge >= 0.3 is 12.2 Å². The van der Waals surface area contributed by atoms with Crippen LogP contribution in [0.25, 0.3) is 11.5 Å². The van der Waals surface area contributed by atoms with Gasteiger partial charge in [0.05, 0.1) is 11.7 Å². The Bertz CT molecular complexity index is 1820. The zero-order valence-corrected chi connectivity index (χ0v) is 25.7. The van der Waals surface area contributed by atoms with E-state index in [1.807, 2.05) is 24.3 Å². The van der Waals surface area contributed by atoms with Crippen molar-refractivity contribution in [2.45, 2.75) is 44.5 Å². The van der Waals surface area contributed by atoms with Crippen LogP contribution in [0.1, 0.15) is 53.5 Å². The van der Waals surface area contributed by atoms with Gasteiger partial charge < -0.3 is 15.1 Å². The molecule has 2 saturated heterocycles. The fraction of sp³-hybridized carbons (Fsp3) is 0.355. The number of oxazole rings is 1. The molecule has 2 fully saturated rings. The highest BCUT2D eigenvalue weighted by Crippen LogP contribution is 2.31. The maximum Gasteiger partial charge on any atom is 0.405 e. The van der Waals surface area contributed by atoms with E-state index >= 15 is 0 Å². The van der Waals surface area contributed by atoms with Gasteiger partial charge in [0.25, 0.3) is 12.3 Å². The van der Waals surface area contributed by atoms with Crippen molar-refractivity contribution in [2.75, 3.05) is 41.7 Å². The molecule has 6 rings (SSSR count). The normalized spacial score (nSPS) is 16.2. The minimum absolute atomic E-state index is 0.0813. The number of hydrogen-bond acceptors (Lipinski definition) is 9. The number of hydrogen-bond donors (Lipinski definition) is 3. The molecular weight excluding hydrogens is 657 g/mol. The number of piperidine rings is 1. The highest BCUT2D eigenvalue weighted by molar-refractivity contribution is 6.05. The molecule has 2 aliphatic heterocycles. The van der Waals surface area contributed by atoms with Crippen molar-refractivity contribution in [1.82, 2.24) is 30.0 Å². The second-order valence-corrected chi connectivity index (χ2v) is 11.5. The Morgan fingerprint density at radius 2 is 1.84 bits per heavy atom. The summed E-state index contributed by atoms with van der Waals surface area (Å²) >= 11 is 0. The number of benzene rings is 1. The standard InChI is InChI=1S/C31H30F5N9O4/c32-27(33)26-22(39-28(47)23-16-49-29(40-23)19-5-9-37-24(13-19)38-17-31(34,35)36)15-45(42-26)21-6-10-43(11-7-21)14-18-1-3-20(4-2-18)44-12-8-25(46)41-30(44)48/h1-5,9,13,15-16,21,27H,6-8,10-12,14,17H2,(H,37,38)(H,39,47)(H,41,46,48). The fourth-order valence-electron chi connectivity index (χ4n) is 5.59. The molecular formula is C31H30F5N9O4. The number of rotatable bonds is 10. The van der Waals surface area contributed by atoms with Crippen LogP contribution >= 0.6 is 0 Å². The SMILES string of the molecule is O=C1CCN(c2ccc(CN3CCC(n4cc(NC(=O)c5coc(-c6ccnc(NCC(F)(F)F)c6)n5)c(C(F)F)n4)CC3)cc2)C(=O)N1. The zero-order valence-electron chi connectivity index (χ0n) is 25.7. The quantitative estimate of drug-likeness (QED) is 0.187. The van der Waals surface area contributed by atoms with Gasteiger partial charge in [-0.15, -0.1) is 0 Å². The van der Waals surface area contributed by atoms with E-state index in [0.717, 1.165) is 11.8 Å². The summed E-state index contributed by atoms with van der Waals surface area (Å²) in [6.07, 6.45) is -2.32. The largest absolute Gasteiger partial charge is 0.444 e. The second-order valence-electron chi connectivity index (χ2n) is 11.5. The maximum atomic E-state index is 14.0. The molecule has 3 aromatic heterocycles. The van der Waals surface area contributed by atoms with Gasteiger partial charge in [-0.05, 0) is 42.7 Å². The Labute approximate surface area is 275 Å². The number of alkyl halides is 5. The smallest absolute Gasteiger partial charge is 0.405 e. The molecule has 13 nitrogen and oxygen atoms in total. The van der Waals surface area contributed by atoms with E-state index < -0.39 is 36.8 Å². The fourth-order valence-corrected chi connectivity index (χ4v) is 5.59. The Hall–Kier alpha value is -5.39. The summed E-state index contributed by atoms with van der Waals surface area (Å²) in [6, 6.07) is 9.56. The number of likely N-dealkylation sites (tertiary alicyclic amines) is 1. The summed E-state index contributed by atoms with van der Waals surface area (Å²) < 4.78 is 72.3. The van der Waals surface area contributed by atoms with E-state index in [9.17, 15) is 36.3 Å². The van der Waals surface area contributed by atoms with E-state index in [2.05, 4.69) is 35.9 Å². The number of nitrogens with zero attached hydrogens (tertiary/aromatic N) is 6. The number of halogens is 5. The summed E-state index contributed by atoms with van der Waals surface area (Å²) in [5.74, 6) is -1.30. The lowest BCUT2D eigenvalue weighted by molar-refractivity contribution is -0.120. The van der Waals surface area contributed by atoms with Crippen LogP contribution in [-0.4, -0.2) is 74.8 Å². The first-order valence-electron chi connectivity index (χ1n) is 15.3. The molecule has 0 unspecified atom stereocenters. The monoisotopic (exact) mass is 687 g/mol. The Morgan fingerprint density at radius 1 is 1.08 bits per heavy atom. The first-order valence-corrected chi connectivity index (χ1v) is 15.3. The van der Waals surface area contributed by atoms with Crippen molar-refractivity contribution in [3.63, 3.8) is 0 Å². The molecule has 49 heavy (non-hydrogen) atoms. The van der Waals surface area contributed by atoms with E-state index in [-0.39, 0.29) is 47.0 Å². The maximum absolute atomic E-state index is 14.0. The van der Waals surface area contributed by atoms with Crippen LogP contribution in [0.15, 0.2) is 59.5 Å². The van der Waals surface area contributed by atoms with Crippen LogP contribution in [0, 0.1) is 0 Å². The molecule has 0 radical (unpaired) electrons. The number of aromatic nitrogens is 4. The molecule has 3 N–H and O–H groups in total. The molecule has 0 aliphatic carbocycles. The predicted octanol–water partition coefficient (Wildman–Crippen LogP) is 5.38. The van der Waals surface area contributed by atoms with Crippen molar-refractivity contribution < 1.29 is 40.8 Å². The van der Waals surface area contributed by atoms with Crippen LogP contribution in [0.3, 0.4) is 0 Å². The number of anilines is 3. The van der Waals surface area contributed by atoms with Crippen LogP contribution in [0.5, 0.6) is 0 Å². The lowest BCUT2D eigenvalue weighted by Gasteiger charge is -2.32. The van der Waals surface area contributed by atoms with Gasteiger partial charge in [0.1, 0.15) is 18.6 Å². The number of amides is 4. The second kappa shape index (κ2) is 14.0. The molecule has 4 aromatic rings. The number of urea groups is 1. The molecule has 0 bridgehead atoms. The summed E-state index contributed by atoms with van der Waals surface area (Å²) in [6.45, 7) is 0.989. The third kappa shape index (κ3) is 8.19. The van der Waals surface area contributed by atoms with Crippen molar-refractivity contribution in [1.29, 1.82) is 0 Å². The summed E-state index contributed by atoms with van der Waals surface area (Å²) in [5.41, 5.74) is 0.949. The van der Waals surface area contributed by atoms with Crippen LogP contribution in [0.4, 0.5) is 43.9 Å². The Kier molecular flexibility index (Phi) is 9.57. The molecule has 1 aromatic carbocycles. The molecule has 4 amide bonds. The number of nitrogens with one attached hydrogen (secondary N) is 3. The zero-order chi connectivity index (χ0) is 34.7. The number of carbonyl (C=O) groups excluding carboxylic acids is 3. The van der Waals surface area contributed by atoms with Gasteiger partial charge in [0, 0.05) is 56.2 Å². The topological polar surface area (TPSA) is 151 Å². The van der Waals surface area contributed by atoms with Crippen LogP contribution < -0.4 is 20.9 Å². The summed E-state index contributed by atoms with van der Waals surface area (Å²) in [4.78, 5) is 48.1. The highest BCUT2D eigenvalue weighted by atomic mass is 19.4. The average Bonchev–Trinajstić information content (AvgIpc) is 3.73. The van der Waals surface area contributed by atoms with Gasteiger partial charge in [-0.25, -0.2) is 23.5 Å². The third-order valence-corrected chi connectivity index (χ3v) is 8.07. The predicted molar refractivity (Wildman–Crippen MR) is 165 cm³/mol. The van der Waals surface area contributed by atoms with Gasteiger partial charge in [-0.1, -0.05) is 12.1 Å². The molecule has 0 atom stereocenters. The van der Waals surface area contributed by atoms with E-state index in [1.165, 1.54) is 34.1 Å². The van der Waals surface area contributed by atoms with Gasteiger partial charge in [0.15, 0.2) is 11.4 Å². The van der Waals surface area contributed by atoms with Crippen molar-refractivity contribution in [3.05, 3.63) is 72.0 Å². The lowest BCUT2D eigenvalue weighted by atomic mass is 10.0. The van der Waals surface area contributed by atoms with E-state index in [4.69, 9.17) is 4.42 Å².